The van der Waals surface area contributed by atoms with Gasteiger partial charge in [0.1, 0.15) is 52.7 Å². The number of aliphatic hydroxyl groups excluding tert-OH is 4. The maximum absolute atomic E-state index is 13.8. The van der Waals surface area contributed by atoms with Crippen LogP contribution in [0.15, 0.2) is 33.5 Å². The Morgan fingerprint density at radius 2 is 1.58 bits per heavy atom. The number of carbonyl (C=O) groups is 1. The molecule has 13 nitrogen and oxygen atoms in total. The molecule has 0 spiro atoms. The monoisotopic (exact) mass is 632 g/mol. The predicted octanol–water partition coefficient (Wildman–Crippen LogP) is 2.71. The van der Waals surface area contributed by atoms with Crippen LogP contribution in [0.5, 0.6) is 28.7 Å². The normalized spacial score (nSPS) is 21.7. The molecule has 0 unspecified atom stereocenters. The van der Waals surface area contributed by atoms with Gasteiger partial charge in [-0.2, -0.15) is 0 Å². The highest BCUT2D eigenvalue weighted by molar-refractivity contribution is 5.90. The zero-order valence-electron chi connectivity index (χ0n) is 24.9. The number of hydrogen-bond donors (Lipinski definition) is 8. The smallest absolute Gasteiger partial charge is 0.239 e. The van der Waals surface area contributed by atoms with E-state index in [1.54, 1.807) is 0 Å². The minimum absolute atomic E-state index is 0.0698. The summed E-state index contributed by atoms with van der Waals surface area (Å²) < 4.78 is 17.0. The Morgan fingerprint density at radius 1 is 0.889 bits per heavy atom. The fourth-order valence-electron chi connectivity index (χ4n) is 5.41. The van der Waals surface area contributed by atoms with Crippen molar-refractivity contribution in [3.8, 4) is 40.1 Å². The van der Waals surface area contributed by atoms with Crippen molar-refractivity contribution >= 4 is 16.8 Å². The van der Waals surface area contributed by atoms with Crippen LogP contribution < -0.4 is 10.2 Å². The van der Waals surface area contributed by atoms with Gasteiger partial charge in [0.05, 0.1) is 6.61 Å². The summed E-state index contributed by atoms with van der Waals surface area (Å²) in [4.78, 5) is 26.8. The lowest BCUT2D eigenvalue weighted by molar-refractivity contribution is -0.277. The van der Waals surface area contributed by atoms with Gasteiger partial charge in [0.2, 0.25) is 17.5 Å². The van der Waals surface area contributed by atoms with E-state index in [4.69, 9.17) is 13.9 Å². The molecule has 4 rings (SSSR count). The fraction of sp³-hybridized carbons (Fsp3) is 0.500. The van der Waals surface area contributed by atoms with Crippen LogP contribution in [0.2, 0.25) is 0 Å². The van der Waals surface area contributed by atoms with E-state index in [9.17, 15) is 50.4 Å². The zero-order valence-corrected chi connectivity index (χ0v) is 24.9. The fourth-order valence-corrected chi connectivity index (χ4v) is 5.41. The number of aromatic hydroxyl groups is 4. The molecule has 1 aliphatic rings. The van der Waals surface area contributed by atoms with E-state index >= 15 is 0 Å². The Kier molecular flexibility index (Phi) is 11.3. The average molecular weight is 633 g/mol. The summed E-state index contributed by atoms with van der Waals surface area (Å²) in [5, 5.41) is 81.8. The van der Waals surface area contributed by atoms with Crippen LogP contribution in [0.1, 0.15) is 63.9 Å². The second-order valence-corrected chi connectivity index (χ2v) is 11.3. The Balaban J connectivity index is 1.76. The van der Waals surface area contributed by atoms with Crippen LogP contribution in [0.4, 0.5) is 0 Å². The van der Waals surface area contributed by atoms with Gasteiger partial charge in [0.25, 0.3) is 0 Å². The number of unbranched alkanes of at least 4 members (excludes halogenated alkanes) is 6. The molecule has 0 saturated carbocycles. The molecule has 45 heavy (non-hydrogen) atoms. The van der Waals surface area contributed by atoms with Crippen molar-refractivity contribution < 1.29 is 59.5 Å². The largest absolute Gasteiger partial charge is 0.508 e. The lowest BCUT2D eigenvalue weighted by Crippen LogP contribution is -2.60. The maximum atomic E-state index is 13.8. The minimum Gasteiger partial charge on any atom is -0.508 e. The quantitative estimate of drug-likeness (QED) is 0.0946. The van der Waals surface area contributed by atoms with Gasteiger partial charge in [-0.3, -0.25) is 9.59 Å². The Hall–Kier alpha value is -3.88. The van der Waals surface area contributed by atoms with Crippen LogP contribution in [-0.2, 0) is 16.0 Å². The second-order valence-electron chi connectivity index (χ2n) is 11.3. The molecule has 8 N–H and O–H groups in total. The topological polar surface area (TPSA) is 228 Å². The van der Waals surface area contributed by atoms with Crippen LogP contribution >= 0.6 is 0 Å². The summed E-state index contributed by atoms with van der Waals surface area (Å²) in [6.07, 6.45) is -1.94. The van der Waals surface area contributed by atoms with E-state index in [-0.39, 0.29) is 35.3 Å². The molecule has 2 heterocycles. The predicted molar refractivity (Wildman–Crippen MR) is 160 cm³/mol. The summed E-state index contributed by atoms with van der Waals surface area (Å²) in [7, 11) is 0. The SMILES string of the molecule is CCCCCCCCCC(=O)Cc1c(-c2oc3cc(O)cc(O)c3c(=O)c2O[C@@H]2O[C@H](CO)[C@H](O)[C@H](O)[C@H]2O)ccc(O)c1O. The number of benzene rings is 2. The molecule has 1 saturated heterocycles. The van der Waals surface area contributed by atoms with E-state index in [1.807, 2.05) is 0 Å². The lowest BCUT2D eigenvalue weighted by atomic mass is 9.95. The van der Waals surface area contributed by atoms with Gasteiger partial charge in [0, 0.05) is 36.1 Å². The van der Waals surface area contributed by atoms with E-state index in [0.717, 1.165) is 56.7 Å². The zero-order chi connectivity index (χ0) is 32.8. The Morgan fingerprint density at radius 3 is 2.27 bits per heavy atom. The molecule has 1 aromatic heterocycles. The van der Waals surface area contributed by atoms with Gasteiger partial charge >= 0.3 is 0 Å². The highest BCUT2D eigenvalue weighted by Gasteiger charge is 2.45. The summed E-state index contributed by atoms with van der Waals surface area (Å²) in [6.45, 7) is 1.35. The van der Waals surface area contributed by atoms with Crippen molar-refractivity contribution in [2.24, 2.45) is 0 Å². The van der Waals surface area contributed by atoms with Crippen molar-refractivity contribution in [1.82, 2.24) is 0 Å². The number of phenolic OH excluding ortho intramolecular Hbond substituents is 4. The molecule has 0 amide bonds. The van der Waals surface area contributed by atoms with Crippen LogP contribution in [0.25, 0.3) is 22.3 Å². The lowest BCUT2D eigenvalue weighted by Gasteiger charge is -2.39. The number of fused-ring (bicyclic) bond motifs is 1. The maximum Gasteiger partial charge on any atom is 0.239 e. The first-order valence-electron chi connectivity index (χ1n) is 15.0. The van der Waals surface area contributed by atoms with E-state index in [0.29, 0.717) is 6.42 Å². The minimum atomic E-state index is -1.92. The van der Waals surface area contributed by atoms with Crippen molar-refractivity contribution in [2.75, 3.05) is 6.61 Å². The number of rotatable bonds is 14. The highest BCUT2D eigenvalue weighted by atomic mass is 16.7. The Bertz CT molecular complexity index is 1550. The molecular formula is C32H40O13. The van der Waals surface area contributed by atoms with Crippen molar-refractivity contribution in [3.05, 3.63) is 40.1 Å². The van der Waals surface area contributed by atoms with Gasteiger partial charge in [-0.05, 0) is 18.6 Å². The number of ether oxygens (including phenoxy) is 2. The number of phenols is 4. The van der Waals surface area contributed by atoms with Crippen LogP contribution in [-0.4, -0.2) is 83.9 Å². The number of hydrogen-bond acceptors (Lipinski definition) is 13. The van der Waals surface area contributed by atoms with E-state index in [1.165, 1.54) is 6.07 Å². The molecular weight excluding hydrogens is 592 g/mol. The number of Topliss-reactive ketones (excluding diaryl/α,β-unsaturated/α-hetero) is 1. The Labute approximate surface area is 258 Å². The molecule has 5 atom stereocenters. The number of ketones is 1. The third-order valence-electron chi connectivity index (χ3n) is 7.94. The van der Waals surface area contributed by atoms with Gasteiger partial charge in [-0.15, -0.1) is 0 Å². The number of carbonyl (C=O) groups excluding carboxylic acids is 1. The van der Waals surface area contributed by atoms with Gasteiger partial charge < -0.3 is 54.7 Å². The molecule has 13 heteroatoms. The standard InChI is InChI=1S/C32H40O13/c1-2-3-4-5-6-7-8-9-16(34)12-19-18(10-11-20(36)25(19)38)30-31(27(40)24-21(37)13-17(35)14-22(24)43-30)45-32-29(42)28(41)26(39)23(15-33)44-32/h10-11,13-14,23,26,28-29,32-33,35-39,41-42H,2-9,12,15H2,1H3/t23-,26+,28+,29-,32+/m1/s1. The number of aliphatic hydroxyl groups is 4. The summed E-state index contributed by atoms with van der Waals surface area (Å²) >= 11 is 0. The molecule has 0 bridgehead atoms. The first-order valence-corrected chi connectivity index (χ1v) is 15.0. The molecule has 1 aliphatic heterocycles. The van der Waals surface area contributed by atoms with Crippen LogP contribution in [0, 0.1) is 0 Å². The summed E-state index contributed by atoms with van der Waals surface area (Å²) in [6, 6.07) is 4.29. The average Bonchev–Trinajstić information content (AvgIpc) is 3.00. The van der Waals surface area contributed by atoms with Crippen molar-refractivity contribution in [1.29, 1.82) is 0 Å². The van der Waals surface area contributed by atoms with Gasteiger partial charge in [0.15, 0.2) is 17.3 Å². The van der Waals surface area contributed by atoms with E-state index in [2.05, 4.69) is 6.92 Å². The molecule has 246 valence electrons. The molecule has 0 radical (unpaired) electrons. The second kappa shape index (κ2) is 14.9. The first-order chi connectivity index (χ1) is 21.5. The van der Waals surface area contributed by atoms with Crippen molar-refractivity contribution in [2.45, 2.75) is 95.4 Å². The molecule has 0 aliphatic carbocycles. The summed E-state index contributed by atoms with van der Waals surface area (Å²) in [5.74, 6) is -3.71. The van der Waals surface area contributed by atoms with Crippen molar-refractivity contribution in [3.63, 3.8) is 0 Å². The molecule has 3 aromatic rings. The van der Waals surface area contributed by atoms with Crippen LogP contribution in [0.3, 0.4) is 0 Å². The van der Waals surface area contributed by atoms with E-state index < -0.39 is 82.6 Å². The third kappa shape index (κ3) is 7.51. The third-order valence-corrected chi connectivity index (χ3v) is 7.94. The van der Waals surface area contributed by atoms with Gasteiger partial charge in [-0.1, -0.05) is 45.4 Å². The summed E-state index contributed by atoms with van der Waals surface area (Å²) in [5.41, 5.74) is -1.50. The first kappa shape index (κ1) is 34.0. The highest BCUT2D eigenvalue weighted by Crippen LogP contribution is 2.43. The van der Waals surface area contributed by atoms with Gasteiger partial charge in [-0.25, -0.2) is 0 Å². The molecule has 2 aromatic carbocycles. The molecule has 1 fully saturated rings.